The number of aliphatic imine (C=N–C) groups is 1. The molecule has 23 heavy (non-hydrogen) atoms. The number of guanidine groups is 1. The van der Waals surface area contributed by atoms with Crippen LogP contribution in [0.15, 0.2) is 48.0 Å². The maximum absolute atomic E-state index is 5.30. The first-order valence-electron chi connectivity index (χ1n) is 7.87. The largest absolute Gasteiger partial charge is 0.380 e. The van der Waals surface area contributed by atoms with Crippen LogP contribution in [-0.2, 0) is 17.8 Å². The molecule has 0 atom stereocenters. The topological polar surface area (TPSA) is 63.5 Å². The van der Waals surface area contributed by atoms with Crippen LogP contribution in [0.5, 0.6) is 0 Å². The minimum absolute atomic E-state index is 0.678. The summed E-state index contributed by atoms with van der Waals surface area (Å²) in [5, 5.41) is 6.54. The van der Waals surface area contributed by atoms with Gasteiger partial charge in [0.2, 0.25) is 0 Å². The second kappa shape index (κ2) is 9.63. The van der Waals surface area contributed by atoms with E-state index in [1.165, 1.54) is 11.1 Å². The van der Waals surface area contributed by atoms with Gasteiger partial charge in [-0.15, -0.1) is 0 Å². The fraction of sp³-hybridized carbons (Fsp3) is 0.412. The van der Waals surface area contributed by atoms with Crippen molar-refractivity contribution in [2.45, 2.75) is 20.0 Å². The van der Waals surface area contributed by atoms with E-state index < -0.39 is 0 Å². The standard InChI is InChI=1S/C17H25N5O/c1-3-23-10-8-20-17(18-2)21-12-15-5-4-6-16(11-15)13-22-9-7-19-14-22/h4-7,9,11,14H,3,8,10,12-13H2,1-2H3,(H2,18,20,21). The molecule has 6 heteroatoms. The number of hydrogen-bond donors (Lipinski definition) is 2. The van der Waals surface area contributed by atoms with Crippen LogP contribution in [0.25, 0.3) is 0 Å². The van der Waals surface area contributed by atoms with Crippen LogP contribution in [0.1, 0.15) is 18.1 Å². The van der Waals surface area contributed by atoms with Gasteiger partial charge in [-0.2, -0.15) is 0 Å². The lowest BCUT2D eigenvalue weighted by molar-refractivity contribution is 0.152. The zero-order valence-corrected chi connectivity index (χ0v) is 13.8. The number of rotatable bonds is 8. The van der Waals surface area contributed by atoms with Crippen molar-refractivity contribution in [2.75, 3.05) is 26.8 Å². The molecule has 0 aliphatic carbocycles. The Balaban J connectivity index is 1.82. The van der Waals surface area contributed by atoms with E-state index in [9.17, 15) is 0 Å². The first-order valence-corrected chi connectivity index (χ1v) is 7.87. The molecule has 1 heterocycles. The van der Waals surface area contributed by atoms with Crippen LogP contribution >= 0.6 is 0 Å². The van der Waals surface area contributed by atoms with Crippen molar-refractivity contribution in [2.24, 2.45) is 4.99 Å². The van der Waals surface area contributed by atoms with E-state index in [1.807, 2.05) is 19.4 Å². The Morgan fingerprint density at radius 2 is 2.17 bits per heavy atom. The van der Waals surface area contributed by atoms with Gasteiger partial charge < -0.3 is 19.9 Å². The molecule has 6 nitrogen and oxygen atoms in total. The highest BCUT2D eigenvalue weighted by molar-refractivity contribution is 5.79. The fourth-order valence-corrected chi connectivity index (χ4v) is 2.22. The molecule has 2 rings (SSSR count). The van der Waals surface area contributed by atoms with Gasteiger partial charge in [-0.1, -0.05) is 24.3 Å². The maximum Gasteiger partial charge on any atom is 0.191 e. The molecule has 0 spiro atoms. The third kappa shape index (κ3) is 6.12. The van der Waals surface area contributed by atoms with Crippen LogP contribution < -0.4 is 10.6 Å². The van der Waals surface area contributed by atoms with Gasteiger partial charge in [-0.25, -0.2) is 4.98 Å². The highest BCUT2D eigenvalue weighted by atomic mass is 16.5. The Hall–Kier alpha value is -2.34. The molecule has 1 aromatic heterocycles. The van der Waals surface area contributed by atoms with Gasteiger partial charge in [0.15, 0.2) is 5.96 Å². The van der Waals surface area contributed by atoms with Gasteiger partial charge in [-0.3, -0.25) is 4.99 Å². The maximum atomic E-state index is 5.30. The molecule has 0 fully saturated rings. The van der Waals surface area contributed by atoms with E-state index in [-0.39, 0.29) is 0 Å². The molecular formula is C17H25N5O. The normalized spacial score (nSPS) is 11.5. The summed E-state index contributed by atoms with van der Waals surface area (Å²) < 4.78 is 7.36. The molecular weight excluding hydrogens is 290 g/mol. The number of nitrogens with zero attached hydrogens (tertiary/aromatic N) is 3. The molecule has 0 aliphatic heterocycles. The van der Waals surface area contributed by atoms with E-state index in [2.05, 4.69) is 49.4 Å². The van der Waals surface area contributed by atoms with Crippen LogP contribution in [0, 0.1) is 0 Å². The van der Waals surface area contributed by atoms with Crippen molar-refractivity contribution in [3.8, 4) is 0 Å². The van der Waals surface area contributed by atoms with Crippen molar-refractivity contribution in [3.05, 3.63) is 54.1 Å². The molecule has 0 bridgehead atoms. The van der Waals surface area contributed by atoms with Gasteiger partial charge in [0.05, 0.1) is 12.9 Å². The van der Waals surface area contributed by atoms with E-state index >= 15 is 0 Å². The number of ether oxygens (including phenoxy) is 1. The van der Waals surface area contributed by atoms with Crippen molar-refractivity contribution in [1.82, 2.24) is 20.2 Å². The predicted molar refractivity (Wildman–Crippen MR) is 92.5 cm³/mol. The zero-order valence-electron chi connectivity index (χ0n) is 13.8. The monoisotopic (exact) mass is 315 g/mol. The fourth-order valence-electron chi connectivity index (χ4n) is 2.22. The molecule has 0 saturated carbocycles. The minimum Gasteiger partial charge on any atom is -0.380 e. The van der Waals surface area contributed by atoms with Crippen molar-refractivity contribution < 1.29 is 4.74 Å². The summed E-state index contributed by atoms with van der Waals surface area (Å²) in [5.41, 5.74) is 2.47. The van der Waals surface area contributed by atoms with Crippen LogP contribution in [0.3, 0.4) is 0 Å². The van der Waals surface area contributed by atoms with Crippen LogP contribution in [0.2, 0.25) is 0 Å². The quantitative estimate of drug-likeness (QED) is 0.441. The van der Waals surface area contributed by atoms with E-state index in [4.69, 9.17) is 4.74 Å². The van der Waals surface area contributed by atoms with Crippen molar-refractivity contribution in [3.63, 3.8) is 0 Å². The smallest absolute Gasteiger partial charge is 0.191 e. The Morgan fingerprint density at radius 3 is 2.91 bits per heavy atom. The predicted octanol–water partition coefficient (Wildman–Crippen LogP) is 1.63. The second-order valence-corrected chi connectivity index (χ2v) is 5.10. The summed E-state index contributed by atoms with van der Waals surface area (Å²) in [5.74, 6) is 0.782. The van der Waals surface area contributed by atoms with Gasteiger partial charge >= 0.3 is 0 Å². The highest BCUT2D eigenvalue weighted by Gasteiger charge is 2.00. The summed E-state index contributed by atoms with van der Waals surface area (Å²) in [4.78, 5) is 8.28. The summed E-state index contributed by atoms with van der Waals surface area (Å²) in [6.07, 6.45) is 5.59. The lowest BCUT2D eigenvalue weighted by Gasteiger charge is -2.12. The first kappa shape index (κ1) is 17.0. The van der Waals surface area contributed by atoms with Crippen molar-refractivity contribution in [1.29, 1.82) is 0 Å². The number of imidazole rings is 1. The van der Waals surface area contributed by atoms with Gasteiger partial charge in [0.25, 0.3) is 0 Å². The summed E-state index contributed by atoms with van der Waals surface area (Å²) in [6.45, 7) is 5.70. The Morgan fingerprint density at radius 1 is 1.30 bits per heavy atom. The number of aromatic nitrogens is 2. The molecule has 0 aliphatic rings. The van der Waals surface area contributed by atoms with Gasteiger partial charge in [0.1, 0.15) is 0 Å². The molecule has 1 aromatic carbocycles. The molecule has 0 unspecified atom stereocenters. The second-order valence-electron chi connectivity index (χ2n) is 5.10. The molecule has 2 aromatic rings. The van der Waals surface area contributed by atoms with E-state index in [0.717, 1.165) is 32.2 Å². The average molecular weight is 315 g/mol. The van der Waals surface area contributed by atoms with Crippen molar-refractivity contribution >= 4 is 5.96 Å². The summed E-state index contributed by atoms with van der Waals surface area (Å²) in [6, 6.07) is 8.51. The van der Waals surface area contributed by atoms with E-state index in [0.29, 0.717) is 6.61 Å². The van der Waals surface area contributed by atoms with E-state index in [1.54, 1.807) is 13.2 Å². The molecule has 0 radical (unpaired) electrons. The lowest BCUT2D eigenvalue weighted by atomic mass is 10.1. The lowest BCUT2D eigenvalue weighted by Crippen LogP contribution is -2.38. The van der Waals surface area contributed by atoms with Crippen LogP contribution in [0.4, 0.5) is 0 Å². The Bertz CT molecular complexity index is 595. The average Bonchev–Trinajstić information content (AvgIpc) is 3.07. The molecule has 0 amide bonds. The molecule has 0 saturated heterocycles. The minimum atomic E-state index is 0.678. The molecule has 2 N–H and O–H groups in total. The summed E-state index contributed by atoms with van der Waals surface area (Å²) >= 11 is 0. The highest BCUT2D eigenvalue weighted by Crippen LogP contribution is 2.07. The van der Waals surface area contributed by atoms with Gasteiger partial charge in [-0.05, 0) is 18.1 Å². The summed E-state index contributed by atoms with van der Waals surface area (Å²) in [7, 11) is 1.77. The Labute approximate surface area is 137 Å². The third-order valence-corrected chi connectivity index (χ3v) is 3.34. The zero-order chi connectivity index (χ0) is 16.3. The Kier molecular flexibility index (Phi) is 7.13. The third-order valence-electron chi connectivity index (χ3n) is 3.34. The number of nitrogens with one attached hydrogen (secondary N) is 2. The number of benzene rings is 1. The first-order chi connectivity index (χ1) is 11.3. The number of hydrogen-bond acceptors (Lipinski definition) is 3. The van der Waals surface area contributed by atoms with Gasteiger partial charge in [0, 0.05) is 45.7 Å². The molecule has 124 valence electrons. The SMILES string of the molecule is CCOCCNC(=NC)NCc1cccc(Cn2ccnc2)c1. The van der Waals surface area contributed by atoms with Crippen LogP contribution in [-0.4, -0.2) is 42.3 Å².